The highest BCUT2D eigenvalue weighted by Gasteiger charge is 2.10. The van der Waals surface area contributed by atoms with Crippen molar-refractivity contribution in [1.29, 1.82) is 0 Å². The van der Waals surface area contributed by atoms with Crippen LogP contribution in [0.25, 0.3) is 0 Å². The molecule has 3 aromatic rings. The smallest absolute Gasteiger partial charge is 0.255 e. The number of hydrogen-bond donors (Lipinski definition) is 1. The lowest BCUT2D eigenvalue weighted by Crippen LogP contribution is -2.12. The van der Waals surface area contributed by atoms with Gasteiger partial charge in [-0.1, -0.05) is 35.3 Å². The van der Waals surface area contributed by atoms with Crippen molar-refractivity contribution in [3.05, 3.63) is 76.4 Å². The largest absolute Gasteiger partial charge is 0.493 e. The van der Waals surface area contributed by atoms with E-state index in [1.54, 1.807) is 43.5 Å². The molecular weight excluding hydrogens is 375 g/mol. The molecule has 0 radical (unpaired) electrons. The lowest BCUT2D eigenvalue weighted by molar-refractivity contribution is 0.102. The van der Waals surface area contributed by atoms with Crippen LogP contribution < -0.4 is 14.8 Å². The van der Waals surface area contributed by atoms with Crippen LogP contribution in [0.2, 0.25) is 10.0 Å². The normalized spacial score (nSPS) is 10.3. The highest BCUT2D eigenvalue weighted by molar-refractivity contribution is 6.42. The maximum Gasteiger partial charge on any atom is 0.255 e. The number of methoxy groups -OCH3 is 1. The molecule has 3 rings (SSSR count). The van der Waals surface area contributed by atoms with E-state index in [9.17, 15) is 4.79 Å². The van der Waals surface area contributed by atoms with Crippen LogP contribution in [0, 0.1) is 0 Å². The summed E-state index contributed by atoms with van der Waals surface area (Å²) in [5, 5.41) is 3.44. The monoisotopic (exact) mass is 388 g/mol. The van der Waals surface area contributed by atoms with Gasteiger partial charge in [-0.3, -0.25) is 4.79 Å². The Kier molecular flexibility index (Phi) is 5.61. The summed E-state index contributed by atoms with van der Waals surface area (Å²) in [5.74, 6) is 1.21. The molecule has 1 heterocycles. The number of ether oxygens (including phenoxy) is 2. The van der Waals surface area contributed by atoms with Gasteiger partial charge in [-0.2, -0.15) is 0 Å². The minimum Gasteiger partial charge on any atom is -0.493 e. The number of pyridine rings is 1. The minimum atomic E-state index is -0.316. The van der Waals surface area contributed by atoms with Crippen LogP contribution in [0.3, 0.4) is 0 Å². The van der Waals surface area contributed by atoms with E-state index >= 15 is 0 Å². The van der Waals surface area contributed by atoms with Gasteiger partial charge in [0.1, 0.15) is 0 Å². The van der Waals surface area contributed by atoms with Crippen LogP contribution in [0.15, 0.2) is 60.8 Å². The molecule has 0 aliphatic carbocycles. The molecule has 1 amide bonds. The van der Waals surface area contributed by atoms with Crippen molar-refractivity contribution >= 4 is 34.8 Å². The molecule has 0 saturated carbocycles. The van der Waals surface area contributed by atoms with E-state index < -0.39 is 0 Å². The molecule has 0 saturated heterocycles. The standard InChI is InChI=1S/C19H14Cl2N2O3/c1-25-16-4-2-3-5-17(16)26-18-9-7-13(11-22-18)23-19(24)12-6-8-14(20)15(21)10-12/h2-11H,1H3,(H,23,24). The average molecular weight is 389 g/mol. The molecule has 0 atom stereocenters. The van der Waals surface area contributed by atoms with Crippen molar-refractivity contribution in [2.45, 2.75) is 0 Å². The fraction of sp³-hybridized carbons (Fsp3) is 0.0526. The molecule has 0 spiro atoms. The first-order valence-corrected chi connectivity index (χ1v) is 8.36. The summed E-state index contributed by atoms with van der Waals surface area (Å²) in [6, 6.07) is 15.3. The molecule has 7 heteroatoms. The number of nitrogens with one attached hydrogen (secondary N) is 1. The zero-order chi connectivity index (χ0) is 18.5. The first kappa shape index (κ1) is 18.0. The van der Waals surface area contributed by atoms with Crippen LogP contribution in [-0.4, -0.2) is 18.0 Å². The van der Waals surface area contributed by atoms with Gasteiger partial charge in [0.15, 0.2) is 11.5 Å². The van der Waals surface area contributed by atoms with Crippen molar-refractivity contribution in [2.75, 3.05) is 12.4 Å². The van der Waals surface area contributed by atoms with Gasteiger partial charge in [-0.05, 0) is 36.4 Å². The minimum absolute atomic E-state index is 0.316. The molecule has 1 aromatic heterocycles. The van der Waals surface area contributed by atoms with Gasteiger partial charge >= 0.3 is 0 Å². The van der Waals surface area contributed by atoms with E-state index in [4.69, 9.17) is 32.7 Å². The molecule has 2 aromatic carbocycles. The van der Waals surface area contributed by atoms with Gasteiger partial charge < -0.3 is 14.8 Å². The van der Waals surface area contributed by atoms with Crippen molar-refractivity contribution in [2.24, 2.45) is 0 Å². The lowest BCUT2D eigenvalue weighted by atomic mass is 10.2. The van der Waals surface area contributed by atoms with Crippen LogP contribution in [0.1, 0.15) is 10.4 Å². The Balaban J connectivity index is 1.69. The van der Waals surface area contributed by atoms with E-state index in [-0.39, 0.29) is 5.91 Å². The number of anilines is 1. The third-order valence-corrected chi connectivity index (χ3v) is 4.20. The number of rotatable bonds is 5. The van der Waals surface area contributed by atoms with Gasteiger partial charge in [0, 0.05) is 11.6 Å². The molecule has 0 fully saturated rings. The van der Waals surface area contributed by atoms with Crippen LogP contribution in [0.5, 0.6) is 17.4 Å². The molecule has 5 nitrogen and oxygen atoms in total. The number of aromatic nitrogens is 1. The number of carbonyl (C=O) groups is 1. The molecule has 0 aliphatic rings. The molecule has 0 bridgehead atoms. The number of benzene rings is 2. The van der Waals surface area contributed by atoms with Crippen LogP contribution >= 0.6 is 23.2 Å². The SMILES string of the molecule is COc1ccccc1Oc1ccc(NC(=O)c2ccc(Cl)c(Cl)c2)cn1. The summed E-state index contributed by atoms with van der Waals surface area (Å²) in [4.78, 5) is 16.4. The lowest BCUT2D eigenvalue weighted by Gasteiger charge is -2.10. The summed E-state index contributed by atoms with van der Waals surface area (Å²) in [6.45, 7) is 0. The second-order valence-electron chi connectivity index (χ2n) is 5.22. The highest BCUT2D eigenvalue weighted by Crippen LogP contribution is 2.30. The number of hydrogen-bond acceptors (Lipinski definition) is 4. The van der Waals surface area contributed by atoms with Crippen molar-refractivity contribution in [3.63, 3.8) is 0 Å². The topological polar surface area (TPSA) is 60.5 Å². The molecule has 0 unspecified atom stereocenters. The Labute approximate surface area is 160 Å². The second-order valence-corrected chi connectivity index (χ2v) is 6.04. The Morgan fingerprint density at radius 1 is 1.00 bits per heavy atom. The van der Waals surface area contributed by atoms with E-state index in [0.717, 1.165) is 0 Å². The Bertz CT molecular complexity index is 930. The quantitative estimate of drug-likeness (QED) is 0.631. The summed E-state index contributed by atoms with van der Waals surface area (Å²) >= 11 is 11.8. The number of para-hydroxylation sites is 2. The Morgan fingerprint density at radius 3 is 2.42 bits per heavy atom. The maximum atomic E-state index is 12.2. The first-order chi connectivity index (χ1) is 12.6. The summed E-state index contributed by atoms with van der Waals surface area (Å²) in [6.07, 6.45) is 1.50. The van der Waals surface area contributed by atoms with Gasteiger partial charge in [0.2, 0.25) is 5.88 Å². The van der Waals surface area contributed by atoms with Gasteiger partial charge in [0.05, 0.1) is 29.0 Å². The summed E-state index contributed by atoms with van der Waals surface area (Å²) in [5.41, 5.74) is 0.919. The van der Waals surface area contributed by atoms with Gasteiger partial charge in [-0.25, -0.2) is 4.98 Å². The van der Waals surface area contributed by atoms with E-state index in [2.05, 4.69) is 10.3 Å². The molecule has 26 heavy (non-hydrogen) atoms. The van der Waals surface area contributed by atoms with E-state index in [1.807, 2.05) is 12.1 Å². The predicted molar refractivity (Wildman–Crippen MR) is 102 cm³/mol. The summed E-state index contributed by atoms with van der Waals surface area (Å²) in [7, 11) is 1.57. The van der Waals surface area contributed by atoms with Gasteiger partial charge in [0.25, 0.3) is 5.91 Å². The molecule has 132 valence electrons. The van der Waals surface area contributed by atoms with E-state index in [1.165, 1.54) is 12.3 Å². The number of carbonyl (C=O) groups excluding carboxylic acids is 1. The molecular formula is C19H14Cl2N2O3. The third kappa shape index (κ3) is 4.25. The Morgan fingerprint density at radius 2 is 1.77 bits per heavy atom. The predicted octanol–water partition coefficient (Wildman–Crippen LogP) is 5.44. The second kappa shape index (κ2) is 8.08. The third-order valence-electron chi connectivity index (χ3n) is 3.46. The van der Waals surface area contributed by atoms with Crippen molar-refractivity contribution in [3.8, 4) is 17.4 Å². The first-order valence-electron chi connectivity index (χ1n) is 7.60. The van der Waals surface area contributed by atoms with Gasteiger partial charge in [-0.15, -0.1) is 0 Å². The van der Waals surface area contributed by atoms with Crippen molar-refractivity contribution < 1.29 is 14.3 Å². The summed E-state index contributed by atoms with van der Waals surface area (Å²) < 4.78 is 10.9. The fourth-order valence-electron chi connectivity index (χ4n) is 2.17. The van der Waals surface area contributed by atoms with Crippen LogP contribution in [0.4, 0.5) is 5.69 Å². The number of amides is 1. The average Bonchev–Trinajstić information content (AvgIpc) is 2.66. The zero-order valence-electron chi connectivity index (χ0n) is 13.7. The number of halogens is 2. The number of nitrogens with zero attached hydrogens (tertiary/aromatic N) is 1. The van der Waals surface area contributed by atoms with E-state index in [0.29, 0.717) is 38.7 Å². The fourth-order valence-corrected chi connectivity index (χ4v) is 2.47. The highest BCUT2D eigenvalue weighted by atomic mass is 35.5. The zero-order valence-corrected chi connectivity index (χ0v) is 15.2. The molecule has 0 aliphatic heterocycles. The maximum absolute atomic E-state index is 12.2. The molecule has 1 N–H and O–H groups in total. The van der Waals surface area contributed by atoms with Crippen molar-refractivity contribution in [1.82, 2.24) is 4.98 Å². The Hall–Kier alpha value is -2.76. The van der Waals surface area contributed by atoms with Crippen LogP contribution in [-0.2, 0) is 0 Å².